The highest BCUT2D eigenvalue weighted by atomic mass is 32.1. The van der Waals surface area contributed by atoms with Crippen LogP contribution in [0.1, 0.15) is 11.6 Å². The van der Waals surface area contributed by atoms with Crippen molar-refractivity contribution in [1.29, 1.82) is 0 Å². The van der Waals surface area contributed by atoms with Crippen molar-refractivity contribution in [2.75, 3.05) is 6.61 Å². The van der Waals surface area contributed by atoms with Gasteiger partial charge in [-0.15, -0.1) is 11.3 Å². The molecule has 1 unspecified atom stereocenters. The van der Waals surface area contributed by atoms with Gasteiger partial charge in [-0.2, -0.15) is 0 Å². The Bertz CT molecular complexity index is 506. The third-order valence-corrected chi connectivity index (χ3v) is 3.75. The number of hydrogen-bond donors (Lipinski definition) is 2. The van der Waals surface area contributed by atoms with Crippen LogP contribution in [-0.2, 0) is 6.67 Å². The number of aliphatic hydroxyl groups excluding tert-OH is 1. The van der Waals surface area contributed by atoms with E-state index in [4.69, 9.17) is 12.2 Å². The SMILES string of the molecule is OCC(NCn1ccsc1=S)c1ccccc1. The quantitative estimate of drug-likeness (QED) is 0.817. The predicted octanol–water partition coefficient (Wildman–Crippen LogP) is 2.56. The monoisotopic (exact) mass is 266 g/mol. The molecule has 0 fully saturated rings. The summed E-state index contributed by atoms with van der Waals surface area (Å²) in [4.78, 5) is 0. The van der Waals surface area contributed by atoms with E-state index in [0.29, 0.717) is 6.67 Å². The van der Waals surface area contributed by atoms with Gasteiger partial charge in [-0.1, -0.05) is 30.3 Å². The fraction of sp³-hybridized carbons (Fsp3) is 0.250. The van der Waals surface area contributed by atoms with Crippen LogP contribution in [0.25, 0.3) is 0 Å². The van der Waals surface area contributed by atoms with Crippen LogP contribution in [0.5, 0.6) is 0 Å². The van der Waals surface area contributed by atoms with Crippen LogP contribution in [-0.4, -0.2) is 16.3 Å². The van der Waals surface area contributed by atoms with E-state index in [-0.39, 0.29) is 12.6 Å². The van der Waals surface area contributed by atoms with Gasteiger partial charge in [-0.3, -0.25) is 5.32 Å². The lowest BCUT2D eigenvalue weighted by Crippen LogP contribution is -2.26. The highest BCUT2D eigenvalue weighted by Crippen LogP contribution is 2.12. The summed E-state index contributed by atoms with van der Waals surface area (Å²) in [5.41, 5.74) is 1.08. The minimum atomic E-state index is -0.0574. The molecular formula is C12H14N2OS2. The molecule has 1 aromatic heterocycles. The Hall–Kier alpha value is -1.01. The van der Waals surface area contributed by atoms with E-state index in [1.807, 2.05) is 46.5 Å². The summed E-state index contributed by atoms with van der Waals surface area (Å²) in [5.74, 6) is 0. The summed E-state index contributed by atoms with van der Waals surface area (Å²) >= 11 is 6.70. The van der Waals surface area contributed by atoms with Crippen molar-refractivity contribution < 1.29 is 5.11 Å². The smallest absolute Gasteiger partial charge is 0.162 e. The lowest BCUT2D eigenvalue weighted by Gasteiger charge is -2.17. The summed E-state index contributed by atoms with van der Waals surface area (Å²) in [7, 11) is 0. The Morgan fingerprint density at radius 1 is 1.35 bits per heavy atom. The Kier molecular flexibility index (Phi) is 4.44. The average molecular weight is 266 g/mol. The van der Waals surface area contributed by atoms with Gasteiger partial charge in [0.15, 0.2) is 3.95 Å². The van der Waals surface area contributed by atoms with Crippen LogP contribution in [0, 0.1) is 3.95 Å². The van der Waals surface area contributed by atoms with E-state index in [0.717, 1.165) is 9.52 Å². The van der Waals surface area contributed by atoms with Gasteiger partial charge in [0.25, 0.3) is 0 Å². The number of nitrogens with zero attached hydrogens (tertiary/aromatic N) is 1. The molecule has 0 aliphatic carbocycles. The summed E-state index contributed by atoms with van der Waals surface area (Å²) < 4.78 is 2.79. The molecule has 5 heteroatoms. The van der Waals surface area contributed by atoms with Crippen molar-refractivity contribution in [1.82, 2.24) is 9.88 Å². The first-order chi connectivity index (χ1) is 8.31. The number of aromatic nitrogens is 1. The molecule has 0 bridgehead atoms. The number of hydrogen-bond acceptors (Lipinski definition) is 4. The summed E-state index contributed by atoms with van der Waals surface area (Å²) in [6, 6.07) is 9.85. The maximum atomic E-state index is 9.38. The Balaban J connectivity index is 2.02. The first kappa shape index (κ1) is 12.4. The van der Waals surface area contributed by atoms with Crippen LogP contribution in [0.15, 0.2) is 41.9 Å². The average Bonchev–Trinajstić information content (AvgIpc) is 2.77. The molecule has 2 N–H and O–H groups in total. The van der Waals surface area contributed by atoms with Crippen LogP contribution in [0.2, 0.25) is 0 Å². The Morgan fingerprint density at radius 2 is 2.12 bits per heavy atom. The summed E-state index contributed by atoms with van der Waals surface area (Å²) in [6.45, 7) is 0.684. The molecule has 1 heterocycles. The number of thiazole rings is 1. The molecular weight excluding hydrogens is 252 g/mol. The lowest BCUT2D eigenvalue weighted by atomic mass is 10.1. The van der Waals surface area contributed by atoms with Crippen LogP contribution in [0.4, 0.5) is 0 Å². The molecule has 3 nitrogen and oxygen atoms in total. The van der Waals surface area contributed by atoms with Crippen LogP contribution < -0.4 is 5.32 Å². The van der Waals surface area contributed by atoms with Crippen LogP contribution >= 0.6 is 23.6 Å². The molecule has 2 rings (SSSR count). The zero-order chi connectivity index (χ0) is 12.1. The minimum Gasteiger partial charge on any atom is -0.394 e. The van der Waals surface area contributed by atoms with E-state index < -0.39 is 0 Å². The van der Waals surface area contributed by atoms with Gasteiger partial charge in [0, 0.05) is 11.6 Å². The molecule has 90 valence electrons. The molecule has 1 aromatic carbocycles. The molecule has 2 aromatic rings. The predicted molar refractivity (Wildman–Crippen MR) is 72.5 cm³/mol. The number of nitrogens with one attached hydrogen (secondary N) is 1. The van der Waals surface area contributed by atoms with E-state index in [9.17, 15) is 5.11 Å². The normalized spacial score (nSPS) is 12.5. The lowest BCUT2D eigenvalue weighted by molar-refractivity contribution is 0.236. The van der Waals surface area contributed by atoms with Crippen LogP contribution in [0.3, 0.4) is 0 Å². The maximum absolute atomic E-state index is 9.38. The zero-order valence-corrected chi connectivity index (χ0v) is 10.9. The van der Waals surface area contributed by atoms with E-state index >= 15 is 0 Å². The van der Waals surface area contributed by atoms with Gasteiger partial charge >= 0.3 is 0 Å². The zero-order valence-electron chi connectivity index (χ0n) is 9.24. The molecule has 0 radical (unpaired) electrons. The molecule has 0 saturated heterocycles. The van der Waals surface area contributed by atoms with Gasteiger partial charge in [-0.05, 0) is 17.8 Å². The van der Waals surface area contributed by atoms with Gasteiger partial charge in [0.1, 0.15) is 0 Å². The standard InChI is InChI=1S/C12H14N2OS2/c15-8-11(10-4-2-1-3-5-10)13-9-14-6-7-17-12(14)16/h1-7,11,13,15H,8-9H2. The van der Waals surface area contributed by atoms with Crippen molar-refractivity contribution in [2.24, 2.45) is 0 Å². The maximum Gasteiger partial charge on any atom is 0.162 e. The molecule has 0 aliphatic rings. The minimum absolute atomic E-state index is 0.0574. The van der Waals surface area contributed by atoms with E-state index in [2.05, 4.69) is 5.32 Å². The molecule has 0 saturated carbocycles. The molecule has 0 aliphatic heterocycles. The number of benzene rings is 1. The van der Waals surface area contributed by atoms with E-state index in [1.165, 1.54) is 11.3 Å². The number of aliphatic hydroxyl groups is 1. The summed E-state index contributed by atoms with van der Waals surface area (Å²) in [6.07, 6.45) is 1.94. The topological polar surface area (TPSA) is 37.2 Å². The highest BCUT2D eigenvalue weighted by Gasteiger charge is 2.08. The number of rotatable bonds is 5. The second kappa shape index (κ2) is 6.07. The molecule has 17 heavy (non-hydrogen) atoms. The van der Waals surface area contributed by atoms with Gasteiger partial charge < -0.3 is 9.67 Å². The first-order valence-corrected chi connectivity index (χ1v) is 6.63. The van der Waals surface area contributed by atoms with Gasteiger partial charge in [0.05, 0.1) is 19.3 Å². The van der Waals surface area contributed by atoms with Gasteiger partial charge in [0.2, 0.25) is 0 Å². The third-order valence-electron chi connectivity index (χ3n) is 2.54. The fourth-order valence-electron chi connectivity index (χ4n) is 1.59. The highest BCUT2D eigenvalue weighted by molar-refractivity contribution is 7.73. The van der Waals surface area contributed by atoms with Crippen molar-refractivity contribution in [3.63, 3.8) is 0 Å². The molecule has 0 spiro atoms. The largest absolute Gasteiger partial charge is 0.394 e. The van der Waals surface area contributed by atoms with Gasteiger partial charge in [-0.25, -0.2) is 0 Å². The van der Waals surface area contributed by atoms with Crippen molar-refractivity contribution in [3.8, 4) is 0 Å². The third kappa shape index (κ3) is 3.23. The van der Waals surface area contributed by atoms with Crippen molar-refractivity contribution >= 4 is 23.6 Å². The molecule has 0 amide bonds. The second-order valence-electron chi connectivity index (χ2n) is 3.65. The Labute approximate surface area is 109 Å². The van der Waals surface area contributed by atoms with Crippen molar-refractivity contribution in [3.05, 3.63) is 51.4 Å². The second-order valence-corrected chi connectivity index (χ2v) is 5.19. The Morgan fingerprint density at radius 3 is 2.71 bits per heavy atom. The van der Waals surface area contributed by atoms with Crippen molar-refractivity contribution in [2.45, 2.75) is 12.7 Å². The fourth-order valence-corrected chi connectivity index (χ4v) is 2.47. The summed E-state index contributed by atoms with van der Waals surface area (Å²) in [5, 5.41) is 14.6. The van der Waals surface area contributed by atoms with E-state index in [1.54, 1.807) is 0 Å². The molecule has 1 atom stereocenters. The first-order valence-electron chi connectivity index (χ1n) is 5.34.